The number of H-pyrrole nitrogens is 1. The van der Waals surface area contributed by atoms with E-state index in [0.29, 0.717) is 5.82 Å². The fourth-order valence-electron chi connectivity index (χ4n) is 2.54. The Kier molecular flexibility index (Phi) is 6.10. The first-order valence-corrected chi connectivity index (χ1v) is 8.74. The van der Waals surface area contributed by atoms with Crippen LogP contribution in [-0.2, 0) is 4.79 Å². The maximum Gasteiger partial charge on any atom is 0.300 e. The highest BCUT2D eigenvalue weighted by Gasteiger charge is 2.06. The van der Waals surface area contributed by atoms with E-state index in [9.17, 15) is 5.11 Å². The normalized spacial score (nSPS) is 9.77. The number of aliphatic carboxylic acids is 1. The largest absolute Gasteiger partial charge is 0.508 e. The quantitative estimate of drug-likeness (QED) is 0.321. The van der Waals surface area contributed by atoms with Crippen LogP contribution in [0.25, 0.3) is 10.9 Å². The number of nitrogens with one attached hydrogen (secondary N) is 2. The van der Waals surface area contributed by atoms with Gasteiger partial charge in [-0.2, -0.15) is 10.1 Å². The predicted molar refractivity (Wildman–Crippen MR) is 113 cm³/mol. The Morgan fingerprint density at radius 1 is 1.20 bits per heavy atom. The number of carbonyl (C=O) groups is 1. The van der Waals surface area contributed by atoms with Crippen molar-refractivity contribution in [2.24, 2.45) is 0 Å². The molecule has 0 bridgehead atoms. The van der Waals surface area contributed by atoms with Crippen LogP contribution < -0.4 is 11.1 Å². The molecule has 0 atom stereocenters. The molecule has 0 radical (unpaired) electrons. The van der Waals surface area contributed by atoms with Crippen LogP contribution in [0.15, 0.2) is 54.9 Å². The molecular formula is C21H18N6O3. The van der Waals surface area contributed by atoms with Crippen molar-refractivity contribution in [3.63, 3.8) is 0 Å². The number of aromatic hydroxyl groups is 1. The summed E-state index contributed by atoms with van der Waals surface area (Å²) >= 11 is 0. The molecule has 150 valence electrons. The van der Waals surface area contributed by atoms with Crippen LogP contribution >= 0.6 is 0 Å². The van der Waals surface area contributed by atoms with Gasteiger partial charge in [0.2, 0.25) is 5.95 Å². The molecule has 0 amide bonds. The highest BCUT2D eigenvalue weighted by molar-refractivity contribution is 5.88. The van der Waals surface area contributed by atoms with Crippen molar-refractivity contribution < 1.29 is 15.0 Å². The molecule has 9 nitrogen and oxygen atoms in total. The van der Waals surface area contributed by atoms with Gasteiger partial charge < -0.3 is 21.3 Å². The molecule has 2 heterocycles. The molecule has 9 heteroatoms. The van der Waals surface area contributed by atoms with Crippen LogP contribution in [-0.4, -0.2) is 36.3 Å². The van der Waals surface area contributed by atoms with Crippen molar-refractivity contribution >= 4 is 34.3 Å². The number of rotatable bonds is 2. The number of carboxylic acids is 1. The van der Waals surface area contributed by atoms with Crippen molar-refractivity contribution in [2.45, 2.75) is 6.92 Å². The van der Waals surface area contributed by atoms with Crippen molar-refractivity contribution in [3.8, 4) is 17.6 Å². The molecule has 0 saturated carbocycles. The van der Waals surface area contributed by atoms with E-state index in [1.165, 1.54) is 0 Å². The van der Waals surface area contributed by atoms with Gasteiger partial charge in [-0.1, -0.05) is 17.9 Å². The zero-order valence-electron chi connectivity index (χ0n) is 15.9. The van der Waals surface area contributed by atoms with Gasteiger partial charge in [0, 0.05) is 29.8 Å². The number of nitrogens with two attached hydrogens (primary N) is 1. The molecule has 4 aromatic rings. The molecule has 30 heavy (non-hydrogen) atoms. The third-order valence-corrected chi connectivity index (χ3v) is 3.68. The lowest BCUT2D eigenvalue weighted by Crippen LogP contribution is -1.99. The van der Waals surface area contributed by atoms with Gasteiger partial charge in [0.15, 0.2) is 0 Å². The summed E-state index contributed by atoms with van der Waals surface area (Å²) in [4.78, 5) is 17.0. The van der Waals surface area contributed by atoms with Crippen molar-refractivity contribution in [1.82, 2.24) is 20.2 Å². The first-order chi connectivity index (χ1) is 14.4. The van der Waals surface area contributed by atoms with Crippen LogP contribution in [0.2, 0.25) is 0 Å². The lowest BCUT2D eigenvalue weighted by molar-refractivity contribution is -0.134. The van der Waals surface area contributed by atoms with E-state index < -0.39 is 5.97 Å². The minimum atomic E-state index is -0.833. The Bertz CT molecular complexity index is 1250. The Labute approximate surface area is 171 Å². The highest BCUT2D eigenvalue weighted by Crippen LogP contribution is 2.24. The fraction of sp³-hybridized carbons (Fsp3) is 0.0476. The zero-order valence-corrected chi connectivity index (χ0v) is 15.9. The van der Waals surface area contributed by atoms with Gasteiger partial charge in [-0.05, 0) is 36.4 Å². The molecule has 0 aliphatic rings. The topological polar surface area (TPSA) is 150 Å². The molecule has 6 N–H and O–H groups in total. The van der Waals surface area contributed by atoms with E-state index >= 15 is 0 Å². The van der Waals surface area contributed by atoms with E-state index in [2.05, 4.69) is 37.3 Å². The number of hydrogen-bond acceptors (Lipinski definition) is 7. The Morgan fingerprint density at radius 2 is 2.00 bits per heavy atom. The number of fused-ring (bicyclic) bond motifs is 1. The molecule has 0 aliphatic carbocycles. The Morgan fingerprint density at radius 3 is 2.73 bits per heavy atom. The smallest absolute Gasteiger partial charge is 0.300 e. The summed E-state index contributed by atoms with van der Waals surface area (Å²) in [6.45, 7) is 1.08. The third-order valence-electron chi connectivity index (χ3n) is 3.68. The number of hydrogen-bond donors (Lipinski definition) is 5. The van der Waals surface area contributed by atoms with E-state index in [1.807, 2.05) is 18.2 Å². The third kappa shape index (κ3) is 5.46. The molecule has 0 spiro atoms. The number of phenolic OH excluding ortho intramolecular Hbond substituents is 1. The van der Waals surface area contributed by atoms with Gasteiger partial charge in [-0.15, -0.1) is 0 Å². The molecule has 0 fully saturated rings. The SMILES string of the molecule is CC(=O)O.Nc1nccc(Nc2cc(C#Cc3cccc(O)c3)c3[nH]ncc3c2)n1. The van der Waals surface area contributed by atoms with Gasteiger partial charge in [-0.3, -0.25) is 9.89 Å². The second-order valence-corrected chi connectivity index (χ2v) is 6.10. The maximum atomic E-state index is 9.56. The fourth-order valence-corrected chi connectivity index (χ4v) is 2.54. The number of carboxylic acid groups (broad SMARTS) is 1. The first kappa shape index (κ1) is 20.2. The standard InChI is InChI=1S/C19H14N6O.C2H4O2/c20-19-21-7-6-17(24-19)23-15-9-13(18-14(10-15)11-22-25-18)5-4-12-2-1-3-16(26)8-12;1-2(3)4/h1-3,6-11,26H,(H,22,25)(H3,20,21,23,24);1H3,(H,3,4). The highest BCUT2D eigenvalue weighted by atomic mass is 16.4. The van der Waals surface area contributed by atoms with Gasteiger partial charge in [0.05, 0.1) is 17.3 Å². The van der Waals surface area contributed by atoms with Crippen LogP contribution in [0.5, 0.6) is 5.75 Å². The summed E-state index contributed by atoms with van der Waals surface area (Å²) in [5.74, 6) is 6.31. The predicted octanol–water partition coefficient (Wildman–Crippen LogP) is 2.88. The molecular weight excluding hydrogens is 384 g/mol. The Hall–Kier alpha value is -4.58. The minimum Gasteiger partial charge on any atom is -0.508 e. The van der Waals surface area contributed by atoms with Gasteiger partial charge in [0.25, 0.3) is 5.97 Å². The summed E-state index contributed by atoms with van der Waals surface area (Å²) in [7, 11) is 0. The maximum absolute atomic E-state index is 9.56. The zero-order chi connectivity index (χ0) is 21.5. The van der Waals surface area contributed by atoms with Crippen LogP contribution in [0.4, 0.5) is 17.5 Å². The van der Waals surface area contributed by atoms with E-state index in [1.54, 1.807) is 36.7 Å². The molecule has 0 saturated heterocycles. The number of anilines is 3. The van der Waals surface area contributed by atoms with Gasteiger partial charge >= 0.3 is 0 Å². The van der Waals surface area contributed by atoms with Gasteiger partial charge in [-0.25, -0.2) is 4.98 Å². The second kappa shape index (κ2) is 9.07. The van der Waals surface area contributed by atoms with E-state index in [0.717, 1.165) is 34.6 Å². The first-order valence-electron chi connectivity index (χ1n) is 8.74. The van der Waals surface area contributed by atoms with Crippen LogP contribution in [0.3, 0.4) is 0 Å². The summed E-state index contributed by atoms with van der Waals surface area (Å²) in [5.41, 5.74) is 8.75. The summed E-state index contributed by atoms with van der Waals surface area (Å²) in [5, 5.41) is 28.1. The Balaban J connectivity index is 0.000000589. The summed E-state index contributed by atoms with van der Waals surface area (Å²) < 4.78 is 0. The number of aromatic nitrogens is 4. The summed E-state index contributed by atoms with van der Waals surface area (Å²) in [6, 6.07) is 12.4. The monoisotopic (exact) mass is 402 g/mol. The molecule has 0 aliphatic heterocycles. The molecule has 4 rings (SSSR count). The molecule has 0 unspecified atom stereocenters. The van der Waals surface area contributed by atoms with Crippen molar-refractivity contribution in [1.29, 1.82) is 0 Å². The second-order valence-electron chi connectivity index (χ2n) is 6.10. The number of aromatic amines is 1. The van der Waals surface area contributed by atoms with Crippen molar-refractivity contribution in [2.75, 3.05) is 11.1 Å². The van der Waals surface area contributed by atoms with Crippen molar-refractivity contribution in [3.05, 3.63) is 66.0 Å². The molecule has 2 aromatic heterocycles. The van der Waals surface area contributed by atoms with Crippen LogP contribution in [0, 0.1) is 11.8 Å². The number of nitrogen functional groups attached to an aromatic ring is 1. The number of benzene rings is 2. The number of nitrogens with zero attached hydrogens (tertiary/aromatic N) is 3. The number of phenols is 1. The summed E-state index contributed by atoms with van der Waals surface area (Å²) in [6.07, 6.45) is 3.32. The average molecular weight is 402 g/mol. The molecule has 2 aromatic carbocycles. The minimum absolute atomic E-state index is 0.181. The lowest BCUT2D eigenvalue weighted by Gasteiger charge is -2.07. The van der Waals surface area contributed by atoms with E-state index in [-0.39, 0.29) is 11.7 Å². The van der Waals surface area contributed by atoms with Crippen LogP contribution in [0.1, 0.15) is 18.1 Å². The van der Waals surface area contributed by atoms with Gasteiger partial charge in [0.1, 0.15) is 11.6 Å². The average Bonchev–Trinajstić information content (AvgIpc) is 3.14. The van der Waals surface area contributed by atoms with E-state index in [4.69, 9.17) is 15.6 Å². The lowest BCUT2D eigenvalue weighted by atomic mass is 10.1.